The maximum atomic E-state index is 5.34. The van der Waals surface area contributed by atoms with Crippen molar-refractivity contribution < 1.29 is 9.47 Å². The van der Waals surface area contributed by atoms with Crippen LogP contribution in [0.4, 0.5) is 0 Å². The number of benzene rings is 2. The van der Waals surface area contributed by atoms with Crippen LogP contribution in [0.2, 0.25) is 0 Å². The minimum absolute atomic E-state index is 0.271. The summed E-state index contributed by atoms with van der Waals surface area (Å²) in [4.78, 5) is 4.46. The van der Waals surface area contributed by atoms with Gasteiger partial charge >= 0.3 is 0 Å². The Balaban J connectivity index is 1.71. The number of ether oxygens (including phenoxy) is 2. The second kappa shape index (κ2) is 8.93. The van der Waals surface area contributed by atoms with E-state index in [1.54, 1.807) is 7.11 Å². The van der Waals surface area contributed by atoms with Crippen molar-refractivity contribution in [2.75, 3.05) is 20.4 Å². The first-order chi connectivity index (χ1) is 10.4. The van der Waals surface area contributed by atoms with Gasteiger partial charge in [0.1, 0.15) is 5.75 Å². The van der Waals surface area contributed by atoms with Gasteiger partial charge in [-0.1, -0.05) is 30.3 Å². The van der Waals surface area contributed by atoms with Gasteiger partial charge < -0.3 is 9.47 Å². The lowest BCUT2D eigenvalue weighted by molar-refractivity contribution is 0.0511. The topological polar surface area (TPSA) is 30.8 Å². The van der Waals surface area contributed by atoms with Crippen LogP contribution in [0.25, 0.3) is 0 Å². The van der Waals surface area contributed by atoms with Crippen molar-refractivity contribution in [2.24, 2.45) is 4.99 Å². The van der Waals surface area contributed by atoms with E-state index in [9.17, 15) is 0 Å². The lowest BCUT2D eigenvalue weighted by Crippen LogP contribution is -1.98. The van der Waals surface area contributed by atoms with E-state index in [0.29, 0.717) is 0 Å². The molecule has 0 spiro atoms. The van der Waals surface area contributed by atoms with E-state index >= 15 is 0 Å². The van der Waals surface area contributed by atoms with Crippen LogP contribution >= 0.6 is 0 Å². The summed E-state index contributed by atoms with van der Waals surface area (Å²) in [6.45, 7) is 1.11. The highest BCUT2D eigenvalue weighted by Gasteiger charge is 1.93. The summed E-state index contributed by atoms with van der Waals surface area (Å²) in [5, 5.41) is 0. The molecule has 0 saturated heterocycles. The summed E-state index contributed by atoms with van der Waals surface area (Å²) < 4.78 is 10.2. The molecule has 21 heavy (non-hydrogen) atoms. The van der Waals surface area contributed by atoms with Crippen molar-refractivity contribution in [2.45, 2.75) is 12.8 Å². The van der Waals surface area contributed by atoms with Crippen LogP contribution in [0.5, 0.6) is 5.75 Å². The van der Waals surface area contributed by atoms with Gasteiger partial charge in [-0.05, 0) is 48.2 Å². The Morgan fingerprint density at radius 1 is 1.00 bits per heavy atom. The molecule has 0 fully saturated rings. The van der Waals surface area contributed by atoms with E-state index in [4.69, 9.17) is 9.47 Å². The predicted molar refractivity (Wildman–Crippen MR) is 86.2 cm³/mol. The summed E-state index contributed by atoms with van der Waals surface area (Å²) in [6.07, 6.45) is 4.04. The molecule has 0 amide bonds. The molecule has 110 valence electrons. The number of methoxy groups -OCH3 is 1. The lowest BCUT2D eigenvalue weighted by Gasteiger charge is -2.04. The zero-order valence-corrected chi connectivity index (χ0v) is 12.4. The standard InChI is InChI=1S/C18H21NO2/c1-20-15-21-18-11-9-17(10-12-18)14-19-13-5-8-16-6-3-2-4-7-16/h2-4,6-7,9-12,14H,5,8,13,15H2,1H3/b19-14-. The van der Waals surface area contributed by atoms with Gasteiger partial charge in [0.15, 0.2) is 6.79 Å². The normalized spacial score (nSPS) is 10.9. The van der Waals surface area contributed by atoms with Crippen molar-refractivity contribution in [3.63, 3.8) is 0 Å². The van der Waals surface area contributed by atoms with Crippen LogP contribution in [0.15, 0.2) is 59.6 Å². The first kappa shape index (κ1) is 15.3. The zero-order chi connectivity index (χ0) is 14.8. The number of aliphatic imine (C=N–C) groups is 1. The molecule has 0 saturated carbocycles. The highest BCUT2D eigenvalue weighted by molar-refractivity contribution is 5.79. The maximum Gasteiger partial charge on any atom is 0.188 e. The zero-order valence-electron chi connectivity index (χ0n) is 12.4. The molecule has 0 aliphatic carbocycles. The third kappa shape index (κ3) is 5.79. The van der Waals surface area contributed by atoms with E-state index in [-0.39, 0.29) is 6.79 Å². The average molecular weight is 283 g/mol. The van der Waals surface area contributed by atoms with Crippen LogP contribution in [-0.2, 0) is 11.2 Å². The van der Waals surface area contributed by atoms with Gasteiger partial charge in [-0.25, -0.2) is 0 Å². The van der Waals surface area contributed by atoms with Crippen LogP contribution in [0.1, 0.15) is 17.5 Å². The number of hydrogen-bond acceptors (Lipinski definition) is 3. The third-order valence-corrected chi connectivity index (χ3v) is 3.06. The Morgan fingerprint density at radius 2 is 1.76 bits per heavy atom. The molecule has 0 unspecified atom stereocenters. The van der Waals surface area contributed by atoms with E-state index in [0.717, 1.165) is 30.7 Å². The first-order valence-corrected chi connectivity index (χ1v) is 7.14. The molecule has 0 atom stereocenters. The molecule has 2 aromatic rings. The molecule has 3 heteroatoms. The fourth-order valence-corrected chi connectivity index (χ4v) is 1.97. The average Bonchev–Trinajstić information content (AvgIpc) is 2.55. The minimum Gasteiger partial charge on any atom is -0.468 e. The molecule has 0 heterocycles. The summed E-state index contributed by atoms with van der Waals surface area (Å²) in [5.41, 5.74) is 2.45. The van der Waals surface area contributed by atoms with Crippen LogP contribution in [-0.4, -0.2) is 26.7 Å². The van der Waals surface area contributed by atoms with Crippen molar-refractivity contribution in [1.82, 2.24) is 0 Å². The second-order valence-corrected chi connectivity index (χ2v) is 4.74. The summed E-state index contributed by atoms with van der Waals surface area (Å²) in [6, 6.07) is 18.3. The summed E-state index contributed by atoms with van der Waals surface area (Å²) >= 11 is 0. The predicted octanol–water partition coefficient (Wildman–Crippen LogP) is 3.72. The van der Waals surface area contributed by atoms with E-state index in [1.807, 2.05) is 36.5 Å². The maximum absolute atomic E-state index is 5.34. The Morgan fingerprint density at radius 3 is 2.48 bits per heavy atom. The number of hydrogen-bond donors (Lipinski definition) is 0. The fourth-order valence-electron chi connectivity index (χ4n) is 1.97. The molecule has 0 aliphatic heterocycles. The Labute approximate surface area is 126 Å². The van der Waals surface area contributed by atoms with E-state index in [1.165, 1.54) is 5.56 Å². The Kier molecular flexibility index (Phi) is 6.49. The van der Waals surface area contributed by atoms with Gasteiger partial charge in [0.25, 0.3) is 0 Å². The van der Waals surface area contributed by atoms with Crippen LogP contribution in [0, 0.1) is 0 Å². The van der Waals surface area contributed by atoms with Crippen LogP contribution < -0.4 is 4.74 Å². The van der Waals surface area contributed by atoms with Gasteiger partial charge in [0.05, 0.1) is 0 Å². The number of aryl methyl sites for hydroxylation is 1. The van der Waals surface area contributed by atoms with E-state index in [2.05, 4.69) is 29.3 Å². The smallest absolute Gasteiger partial charge is 0.188 e. The van der Waals surface area contributed by atoms with Crippen molar-refractivity contribution in [1.29, 1.82) is 0 Å². The monoisotopic (exact) mass is 283 g/mol. The molecule has 2 rings (SSSR count). The van der Waals surface area contributed by atoms with Crippen molar-refractivity contribution in [3.05, 3.63) is 65.7 Å². The van der Waals surface area contributed by atoms with Crippen molar-refractivity contribution >= 4 is 6.21 Å². The molecule has 0 N–H and O–H groups in total. The van der Waals surface area contributed by atoms with Gasteiger partial charge in [0, 0.05) is 19.9 Å². The fraction of sp³-hybridized carbons (Fsp3) is 0.278. The quantitative estimate of drug-likeness (QED) is 0.420. The summed E-state index contributed by atoms with van der Waals surface area (Å²) in [7, 11) is 1.61. The molecule has 0 bridgehead atoms. The lowest BCUT2D eigenvalue weighted by atomic mass is 10.1. The first-order valence-electron chi connectivity index (χ1n) is 7.14. The number of rotatable bonds is 8. The molecule has 0 aliphatic rings. The SMILES string of the molecule is COCOc1ccc(/C=N\CCCc2ccccc2)cc1. The van der Waals surface area contributed by atoms with Gasteiger partial charge in [0.2, 0.25) is 0 Å². The van der Waals surface area contributed by atoms with Gasteiger partial charge in [-0.3, -0.25) is 4.99 Å². The van der Waals surface area contributed by atoms with Gasteiger partial charge in [-0.15, -0.1) is 0 Å². The largest absolute Gasteiger partial charge is 0.468 e. The van der Waals surface area contributed by atoms with Crippen LogP contribution in [0.3, 0.4) is 0 Å². The highest BCUT2D eigenvalue weighted by atomic mass is 16.7. The molecule has 3 nitrogen and oxygen atoms in total. The Hall–Kier alpha value is -2.13. The molecular weight excluding hydrogens is 262 g/mol. The Bertz CT molecular complexity index is 535. The molecule has 0 radical (unpaired) electrons. The molecule has 0 aromatic heterocycles. The minimum atomic E-state index is 0.271. The summed E-state index contributed by atoms with van der Waals surface area (Å²) in [5.74, 6) is 0.804. The van der Waals surface area contributed by atoms with E-state index < -0.39 is 0 Å². The van der Waals surface area contributed by atoms with Crippen molar-refractivity contribution in [3.8, 4) is 5.75 Å². The van der Waals surface area contributed by atoms with Gasteiger partial charge in [-0.2, -0.15) is 0 Å². The molecular formula is C18H21NO2. The molecule has 2 aromatic carbocycles. The third-order valence-electron chi connectivity index (χ3n) is 3.06. The second-order valence-electron chi connectivity index (χ2n) is 4.74. The highest BCUT2D eigenvalue weighted by Crippen LogP contribution is 2.11. The number of nitrogens with zero attached hydrogens (tertiary/aromatic N) is 1.